The van der Waals surface area contributed by atoms with E-state index >= 15 is 0 Å². The lowest BCUT2D eigenvalue weighted by Crippen LogP contribution is -2.10. The summed E-state index contributed by atoms with van der Waals surface area (Å²) in [5.74, 6) is 0.308. The second kappa shape index (κ2) is 5.86. The molecule has 0 heterocycles. The molecule has 0 atom stereocenters. The van der Waals surface area contributed by atoms with Crippen molar-refractivity contribution in [3.63, 3.8) is 0 Å². The van der Waals surface area contributed by atoms with E-state index in [9.17, 15) is 8.42 Å². The fourth-order valence-electron chi connectivity index (χ4n) is 1.36. The highest BCUT2D eigenvalue weighted by Crippen LogP contribution is 2.26. The lowest BCUT2D eigenvalue weighted by molar-refractivity contribution is 0.402. The van der Waals surface area contributed by atoms with Crippen LogP contribution in [0.4, 0.5) is 0 Å². The number of nitrogens with zero attached hydrogens (tertiary/aromatic N) is 2. The van der Waals surface area contributed by atoms with Gasteiger partial charge in [0.2, 0.25) is 0 Å². The third-order valence-electron chi connectivity index (χ3n) is 2.33. The van der Waals surface area contributed by atoms with Crippen LogP contribution in [-0.4, -0.2) is 40.9 Å². The molecule has 5 nitrogen and oxygen atoms in total. The summed E-state index contributed by atoms with van der Waals surface area (Å²) in [5, 5.41) is 0. The highest BCUT2D eigenvalue weighted by molar-refractivity contribution is 7.90. The predicted molar refractivity (Wildman–Crippen MR) is 71.7 cm³/mol. The van der Waals surface area contributed by atoms with Gasteiger partial charge in [-0.2, -0.15) is 8.42 Å². The molecule has 1 rings (SSSR count). The molecule has 1 aromatic carbocycles. The summed E-state index contributed by atoms with van der Waals surface area (Å²) in [4.78, 5) is 1.66. The number of ether oxygens (including phenoxy) is 1. The smallest absolute Gasteiger partial charge is 0.287 e. The number of aryl methyl sites for hydroxylation is 1. The molecule has 0 amide bonds. The Morgan fingerprint density at radius 1 is 1.39 bits per heavy atom. The van der Waals surface area contributed by atoms with Crippen LogP contribution in [0.2, 0.25) is 0 Å². The van der Waals surface area contributed by atoms with Crippen LogP contribution in [0.3, 0.4) is 0 Å². The second-order valence-corrected chi connectivity index (χ2v) is 5.60. The van der Waals surface area contributed by atoms with E-state index in [0.29, 0.717) is 5.75 Å². The van der Waals surface area contributed by atoms with Gasteiger partial charge in [0.05, 0.1) is 7.11 Å². The molecular weight excluding hydrogens is 252 g/mol. The second-order valence-electron chi connectivity index (χ2n) is 4.00. The van der Waals surface area contributed by atoms with Gasteiger partial charge in [0.25, 0.3) is 10.0 Å². The minimum Gasteiger partial charge on any atom is -0.495 e. The van der Waals surface area contributed by atoms with Crippen molar-refractivity contribution in [3.8, 4) is 5.75 Å². The summed E-state index contributed by atoms with van der Waals surface area (Å²) in [6.07, 6.45) is 2.01. The Balaban J connectivity index is 3.29. The van der Waals surface area contributed by atoms with Gasteiger partial charge < -0.3 is 9.64 Å². The molecule has 0 saturated heterocycles. The molecule has 1 aromatic rings. The zero-order valence-corrected chi connectivity index (χ0v) is 11.9. The van der Waals surface area contributed by atoms with E-state index in [0.717, 1.165) is 12.0 Å². The van der Waals surface area contributed by atoms with Crippen molar-refractivity contribution in [1.82, 2.24) is 4.90 Å². The van der Waals surface area contributed by atoms with Crippen LogP contribution >= 0.6 is 0 Å². The van der Waals surface area contributed by atoms with Gasteiger partial charge in [0.15, 0.2) is 0 Å². The van der Waals surface area contributed by atoms with Gasteiger partial charge in [-0.15, -0.1) is 4.40 Å². The number of benzene rings is 1. The predicted octanol–water partition coefficient (Wildman–Crippen LogP) is 1.54. The largest absolute Gasteiger partial charge is 0.495 e. The number of hydrogen-bond acceptors (Lipinski definition) is 3. The van der Waals surface area contributed by atoms with Crippen molar-refractivity contribution in [2.45, 2.75) is 18.2 Å². The van der Waals surface area contributed by atoms with Gasteiger partial charge in [0, 0.05) is 14.1 Å². The van der Waals surface area contributed by atoms with Crippen LogP contribution in [0.25, 0.3) is 0 Å². The first kappa shape index (κ1) is 14.5. The molecule has 0 fully saturated rings. The average Bonchev–Trinajstić information content (AvgIpc) is 2.35. The summed E-state index contributed by atoms with van der Waals surface area (Å²) in [6.45, 7) is 1.96. The van der Waals surface area contributed by atoms with Gasteiger partial charge in [-0.3, -0.25) is 0 Å². The third-order valence-corrected chi connectivity index (χ3v) is 3.58. The van der Waals surface area contributed by atoms with E-state index in [1.165, 1.54) is 13.4 Å². The lowest BCUT2D eigenvalue weighted by Gasteiger charge is -2.09. The highest BCUT2D eigenvalue weighted by Gasteiger charge is 2.18. The molecule has 0 aromatic heterocycles. The van der Waals surface area contributed by atoms with Crippen LogP contribution in [0.1, 0.15) is 12.5 Å². The van der Waals surface area contributed by atoms with E-state index < -0.39 is 10.0 Å². The van der Waals surface area contributed by atoms with E-state index in [1.807, 2.05) is 13.0 Å². The maximum atomic E-state index is 12.1. The van der Waals surface area contributed by atoms with Crippen molar-refractivity contribution < 1.29 is 13.2 Å². The Kier molecular flexibility index (Phi) is 4.72. The zero-order chi connectivity index (χ0) is 13.8. The summed E-state index contributed by atoms with van der Waals surface area (Å²) >= 11 is 0. The Labute approximate surface area is 108 Å². The van der Waals surface area contributed by atoms with Gasteiger partial charge in [-0.1, -0.05) is 13.0 Å². The summed E-state index contributed by atoms with van der Waals surface area (Å²) in [5.41, 5.74) is 0.925. The van der Waals surface area contributed by atoms with Crippen molar-refractivity contribution in [1.29, 1.82) is 0 Å². The number of methoxy groups -OCH3 is 1. The van der Waals surface area contributed by atoms with Crippen molar-refractivity contribution in [3.05, 3.63) is 23.8 Å². The van der Waals surface area contributed by atoms with Crippen LogP contribution in [0.5, 0.6) is 5.75 Å². The standard InChI is InChI=1S/C12H18N2O3S/c1-5-10-6-7-11(17-4)12(8-10)18(15,16)13-9-14(2)3/h6-9H,5H2,1-4H3/b13-9+. The minimum atomic E-state index is -3.73. The van der Waals surface area contributed by atoms with Crippen LogP contribution in [0.15, 0.2) is 27.5 Å². The van der Waals surface area contributed by atoms with Gasteiger partial charge in [0.1, 0.15) is 17.0 Å². The fourth-order valence-corrected chi connectivity index (χ4v) is 2.49. The lowest BCUT2D eigenvalue weighted by atomic mass is 10.2. The van der Waals surface area contributed by atoms with Gasteiger partial charge in [-0.05, 0) is 24.1 Å². The molecule has 0 N–H and O–H groups in total. The van der Waals surface area contributed by atoms with Crippen LogP contribution in [-0.2, 0) is 16.4 Å². The van der Waals surface area contributed by atoms with Crippen molar-refractivity contribution in [2.75, 3.05) is 21.2 Å². The maximum absolute atomic E-state index is 12.1. The molecule has 0 saturated carbocycles. The summed E-state index contributed by atoms with van der Waals surface area (Å²) in [6, 6.07) is 5.09. The van der Waals surface area contributed by atoms with Gasteiger partial charge >= 0.3 is 0 Å². The van der Waals surface area contributed by atoms with Crippen molar-refractivity contribution in [2.24, 2.45) is 4.40 Å². The summed E-state index contributed by atoms with van der Waals surface area (Å²) in [7, 11) is 1.13. The maximum Gasteiger partial charge on any atom is 0.287 e. The van der Waals surface area contributed by atoms with Crippen LogP contribution in [0, 0.1) is 0 Å². The molecule has 6 heteroatoms. The Morgan fingerprint density at radius 3 is 2.56 bits per heavy atom. The van der Waals surface area contributed by atoms with E-state index in [2.05, 4.69) is 4.40 Å². The summed E-state index contributed by atoms with van der Waals surface area (Å²) < 4.78 is 32.8. The first-order valence-corrected chi connectivity index (χ1v) is 6.98. The number of hydrogen-bond donors (Lipinski definition) is 0. The van der Waals surface area contributed by atoms with Gasteiger partial charge in [-0.25, -0.2) is 0 Å². The molecule has 0 aliphatic rings. The van der Waals surface area contributed by atoms with Crippen LogP contribution < -0.4 is 4.74 Å². The molecule has 18 heavy (non-hydrogen) atoms. The minimum absolute atomic E-state index is 0.0995. The number of sulfonamides is 1. The highest BCUT2D eigenvalue weighted by atomic mass is 32.2. The molecular formula is C12H18N2O3S. The molecule has 0 unspecified atom stereocenters. The monoisotopic (exact) mass is 270 g/mol. The zero-order valence-electron chi connectivity index (χ0n) is 11.0. The fraction of sp³-hybridized carbons (Fsp3) is 0.417. The average molecular weight is 270 g/mol. The Morgan fingerprint density at radius 2 is 2.06 bits per heavy atom. The van der Waals surface area contributed by atoms with Crippen molar-refractivity contribution >= 4 is 16.4 Å². The first-order valence-electron chi connectivity index (χ1n) is 5.54. The molecule has 0 spiro atoms. The Hall–Kier alpha value is -1.56. The van der Waals surface area contributed by atoms with E-state index in [-0.39, 0.29) is 4.90 Å². The first-order chi connectivity index (χ1) is 8.40. The van der Waals surface area contributed by atoms with E-state index in [4.69, 9.17) is 4.74 Å². The molecule has 100 valence electrons. The van der Waals surface area contributed by atoms with E-state index in [1.54, 1.807) is 31.1 Å². The molecule has 0 bridgehead atoms. The molecule has 0 aliphatic heterocycles. The normalized spacial score (nSPS) is 11.8. The number of rotatable bonds is 5. The topological polar surface area (TPSA) is 59.0 Å². The quantitative estimate of drug-likeness (QED) is 0.601. The molecule has 0 aliphatic carbocycles. The Bertz CT molecular complexity index is 536. The third kappa shape index (κ3) is 3.46. The molecule has 0 radical (unpaired) electrons. The SMILES string of the molecule is CCc1ccc(OC)c(S(=O)(=O)/N=C/N(C)C)c1.